The van der Waals surface area contributed by atoms with Crippen LogP contribution in [0.15, 0.2) is 30.4 Å². The van der Waals surface area contributed by atoms with Gasteiger partial charge in [0.25, 0.3) is 5.69 Å². The van der Waals surface area contributed by atoms with Crippen molar-refractivity contribution in [3.8, 4) is 0 Å². The number of rotatable bonds is 2. The predicted octanol–water partition coefficient (Wildman–Crippen LogP) is 2.13. The van der Waals surface area contributed by atoms with Gasteiger partial charge >= 0.3 is 5.97 Å². The van der Waals surface area contributed by atoms with E-state index in [9.17, 15) is 20.0 Å². The summed E-state index contributed by atoms with van der Waals surface area (Å²) in [7, 11) is 0. The van der Waals surface area contributed by atoms with Crippen LogP contribution in [0.5, 0.6) is 0 Å². The number of nitrogens with zero attached hydrogens (tertiary/aromatic N) is 1. The van der Waals surface area contributed by atoms with E-state index in [-0.39, 0.29) is 17.5 Å². The highest BCUT2D eigenvalue weighted by molar-refractivity contribution is 5.83. The standard InChI is InChI=1S/C13H12N2O4/c16-13(17)12-9-4-1-3-7(9)8-5-2-6-10(15(18)19)11(8)14-12/h1-3,5-7,9,12,14H,4H2,(H,16,17)/t7-,9+,12+/m0/s1. The first kappa shape index (κ1) is 11.7. The Morgan fingerprint density at radius 2 is 2.26 bits per heavy atom. The first-order valence-electron chi connectivity index (χ1n) is 6.03. The van der Waals surface area contributed by atoms with Crippen LogP contribution < -0.4 is 5.32 Å². The van der Waals surface area contributed by atoms with Gasteiger partial charge in [-0.25, -0.2) is 4.79 Å². The molecule has 1 aromatic carbocycles. The van der Waals surface area contributed by atoms with Crippen LogP contribution in [0.2, 0.25) is 0 Å². The van der Waals surface area contributed by atoms with E-state index in [4.69, 9.17) is 0 Å². The molecule has 1 aliphatic carbocycles. The van der Waals surface area contributed by atoms with Gasteiger partial charge in [-0.1, -0.05) is 24.3 Å². The number of aliphatic carboxylic acids is 1. The van der Waals surface area contributed by atoms with Crippen molar-refractivity contribution in [1.82, 2.24) is 0 Å². The van der Waals surface area contributed by atoms with E-state index in [1.54, 1.807) is 6.07 Å². The maximum Gasteiger partial charge on any atom is 0.326 e. The van der Waals surface area contributed by atoms with E-state index in [2.05, 4.69) is 5.32 Å². The third kappa shape index (κ3) is 1.68. The van der Waals surface area contributed by atoms with Gasteiger partial charge < -0.3 is 10.4 Å². The number of allylic oxidation sites excluding steroid dienone is 2. The number of benzene rings is 1. The van der Waals surface area contributed by atoms with Crippen molar-refractivity contribution in [1.29, 1.82) is 0 Å². The molecule has 6 heteroatoms. The fraction of sp³-hybridized carbons (Fsp3) is 0.308. The summed E-state index contributed by atoms with van der Waals surface area (Å²) in [4.78, 5) is 21.9. The Bertz CT molecular complexity index is 596. The first-order valence-corrected chi connectivity index (χ1v) is 6.03. The Balaban J connectivity index is 2.15. The molecule has 98 valence electrons. The second kappa shape index (κ2) is 4.08. The van der Waals surface area contributed by atoms with Gasteiger partial charge in [-0.3, -0.25) is 10.1 Å². The summed E-state index contributed by atoms with van der Waals surface area (Å²) in [6.45, 7) is 0. The number of fused-ring (bicyclic) bond motifs is 3. The summed E-state index contributed by atoms with van der Waals surface area (Å²) in [5.41, 5.74) is 1.08. The van der Waals surface area contributed by atoms with E-state index in [0.29, 0.717) is 12.1 Å². The summed E-state index contributed by atoms with van der Waals surface area (Å²) in [6.07, 6.45) is 4.57. The minimum absolute atomic E-state index is 0.0581. The van der Waals surface area contributed by atoms with E-state index in [1.807, 2.05) is 18.2 Å². The fourth-order valence-electron chi connectivity index (χ4n) is 3.00. The molecule has 19 heavy (non-hydrogen) atoms. The summed E-state index contributed by atoms with van der Waals surface area (Å²) < 4.78 is 0. The van der Waals surface area contributed by atoms with Gasteiger partial charge in [0.15, 0.2) is 0 Å². The van der Waals surface area contributed by atoms with Crippen LogP contribution in [0.4, 0.5) is 11.4 Å². The number of carboxylic acids is 1. The van der Waals surface area contributed by atoms with Crippen LogP contribution in [0.25, 0.3) is 0 Å². The third-order valence-electron chi connectivity index (χ3n) is 3.84. The lowest BCUT2D eigenvalue weighted by Gasteiger charge is -2.34. The number of nitrogens with one attached hydrogen (secondary N) is 1. The lowest BCUT2D eigenvalue weighted by Crippen LogP contribution is -2.42. The Morgan fingerprint density at radius 1 is 1.47 bits per heavy atom. The van der Waals surface area contributed by atoms with Crippen molar-refractivity contribution >= 4 is 17.3 Å². The highest BCUT2D eigenvalue weighted by Crippen LogP contribution is 2.47. The minimum atomic E-state index is -0.970. The summed E-state index contributed by atoms with van der Waals surface area (Å²) >= 11 is 0. The molecule has 3 rings (SSSR count). The number of para-hydroxylation sites is 1. The second-order valence-electron chi connectivity index (χ2n) is 4.81. The lowest BCUT2D eigenvalue weighted by atomic mass is 9.79. The third-order valence-corrected chi connectivity index (χ3v) is 3.84. The molecule has 1 aliphatic heterocycles. The molecule has 2 aliphatic rings. The van der Waals surface area contributed by atoms with Crippen molar-refractivity contribution in [3.63, 3.8) is 0 Å². The normalized spacial score (nSPS) is 27.3. The highest BCUT2D eigenvalue weighted by atomic mass is 16.6. The number of anilines is 1. The maximum absolute atomic E-state index is 11.3. The van der Waals surface area contributed by atoms with Crippen LogP contribution in [0, 0.1) is 16.0 Å². The van der Waals surface area contributed by atoms with Crippen LogP contribution in [0.1, 0.15) is 17.9 Å². The van der Waals surface area contributed by atoms with E-state index >= 15 is 0 Å². The monoisotopic (exact) mass is 260 g/mol. The topological polar surface area (TPSA) is 92.5 Å². The zero-order valence-electron chi connectivity index (χ0n) is 9.95. The Morgan fingerprint density at radius 3 is 2.95 bits per heavy atom. The van der Waals surface area contributed by atoms with Gasteiger partial charge in [-0.2, -0.15) is 0 Å². The van der Waals surface area contributed by atoms with Crippen LogP contribution in [-0.4, -0.2) is 22.0 Å². The Labute approximate surface area is 108 Å². The smallest absolute Gasteiger partial charge is 0.326 e. The van der Waals surface area contributed by atoms with Crippen LogP contribution in [0.3, 0.4) is 0 Å². The zero-order valence-corrected chi connectivity index (χ0v) is 9.95. The molecule has 3 atom stereocenters. The zero-order chi connectivity index (χ0) is 13.6. The Kier molecular flexibility index (Phi) is 2.51. The number of carbonyl (C=O) groups is 1. The van der Waals surface area contributed by atoms with Gasteiger partial charge in [-0.15, -0.1) is 0 Å². The molecule has 1 heterocycles. The van der Waals surface area contributed by atoms with Gasteiger partial charge in [0.05, 0.1) is 4.92 Å². The van der Waals surface area contributed by atoms with Crippen LogP contribution >= 0.6 is 0 Å². The van der Waals surface area contributed by atoms with Crippen molar-refractivity contribution in [2.45, 2.75) is 18.4 Å². The summed E-state index contributed by atoms with van der Waals surface area (Å²) in [5.74, 6) is -1.10. The fourth-order valence-corrected chi connectivity index (χ4v) is 3.00. The second-order valence-corrected chi connectivity index (χ2v) is 4.81. The summed E-state index contributed by atoms with van der Waals surface area (Å²) in [6, 6.07) is 4.07. The predicted molar refractivity (Wildman–Crippen MR) is 68.1 cm³/mol. The van der Waals surface area contributed by atoms with Crippen molar-refractivity contribution in [3.05, 3.63) is 46.0 Å². The molecule has 0 aromatic heterocycles. The van der Waals surface area contributed by atoms with Gasteiger partial charge in [0, 0.05) is 17.9 Å². The molecule has 0 saturated heterocycles. The molecule has 0 amide bonds. The van der Waals surface area contributed by atoms with E-state index in [1.165, 1.54) is 6.07 Å². The van der Waals surface area contributed by atoms with E-state index < -0.39 is 16.9 Å². The lowest BCUT2D eigenvalue weighted by molar-refractivity contribution is -0.384. The number of hydrogen-bond acceptors (Lipinski definition) is 4. The molecule has 0 saturated carbocycles. The van der Waals surface area contributed by atoms with Crippen LogP contribution in [-0.2, 0) is 4.79 Å². The minimum Gasteiger partial charge on any atom is -0.480 e. The summed E-state index contributed by atoms with van der Waals surface area (Å²) in [5, 5.41) is 23.2. The number of carboxylic acid groups (broad SMARTS) is 1. The molecule has 0 bridgehead atoms. The van der Waals surface area contributed by atoms with Gasteiger partial charge in [0.2, 0.25) is 0 Å². The number of hydrogen-bond donors (Lipinski definition) is 2. The number of nitro groups is 1. The Hall–Kier alpha value is -2.37. The molecular formula is C13H12N2O4. The van der Waals surface area contributed by atoms with Crippen molar-refractivity contribution in [2.24, 2.45) is 5.92 Å². The molecule has 6 nitrogen and oxygen atoms in total. The van der Waals surface area contributed by atoms with E-state index in [0.717, 1.165) is 5.56 Å². The van der Waals surface area contributed by atoms with Crippen molar-refractivity contribution in [2.75, 3.05) is 5.32 Å². The molecule has 2 N–H and O–H groups in total. The quantitative estimate of drug-likeness (QED) is 0.482. The highest BCUT2D eigenvalue weighted by Gasteiger charge is 2.42. The van der Waals surface area contributed by atoms with Gasteiger partial charge in [-0.05, 0) is 12.0 Å². The molecule has 0 fully saturated rings. The molecule has 0 unspecified atom stereocenters. The van der Waals surface area contributed by atoms with Gasteiger partial charge in [0.1, 0.15) is 11.7 Å². The molecule has 0 radical (unpaired) electrons. The average Bonchev–Trinajstić information content (AvgIpc) is 2.85. The molecule has 1 aromatic rings. The largest absolute Gasteiger partial charge is 0.480 e. The molecular weight excluding hydrogens is 248 g/mol. The van der Waals surface area contributed by atoms with Crippen molar-refractivity contribution < 1.29 is 14.8 Å². The first-order chi connectivity index (χ1) is 9.09. The SMILES string of the molecule is O=C(O)[C@@H]1Nc2c(cccc2[N+](=O)[O-])[C@@H]2C=CC[C@@H]12. The maximum atomic E-state index is 11.3. The number of nitro benzene ring substituents is 1. The average molecular weight is 260 g/mol. The molecule has 0 spiro atoms.